The fourth-order valence-corrected chi connectivity index (χ4v) is 3.55. The van der Waals surface area contributed by atoms with Gasteiger partial charge in [-0.3, -0.25) is 19.3 Å². The van der Waals surface area contributed by atoms with Crippen molar-refractivity contribution in [1.29, 1.82) is 0 Å². The van der Waals surface area contributed by atoms with Gasteiger partial charge in [0.2, 0.25) is 5.91 Å². The molecule has 1 aromatic carbocycles. The molecule has 0 unspecified atom stereocenters. The van der Waals surface area contributed by atoms with Gasteiger partial charge in [-0.2, -0.15) is 0 Å². The summed E-state index contributed by atoms with van der Waals surface area (Å²) < 4.78 is 0. The van der Waals surface area contributed by atoms with Crippen molar-refractivity contribution in [2.24, 2.45) is 0 Å². The van der Waals surface area contributed by atoms with E-state index in [4.69, 9.17) is 0 Å². The topological polar surface area (TPSA) is 69.7 Å². The highest BCUT2D eigenvalue weighted by molar-refractivity contribution is 8.14. The van der Waals surface area contributed by atoms with E-state index in [1.54, 1.807) is 18.2 Å². The van der Waals surface area contributed by atoms with Crippen LogP contribution in [0.15, 0.2) is 24.3 Å². The van der Waals surface area contributed by atoms with Crippen LogP contribution < -0.4 is 5.32 Å². The molecule has 1 N–H and O–H groups in total. The number of nitrogens with zero attached hydrogens (tertiary/aromatic N) is 2. The molecule has 2 aliphatic heterocycles. The van der Waals surface area contributed by atoms with Crippen LogP contribution in [-0.2, 0) is 11.3 Å². The van der Waals surface area contributed by atoms with Crippen LogP contribution in [0, 0.1) is 0 Å². The molecule has 1 atom stereocenters. The van der Waals surface area contributed by atoms with Crippen LogP contribution in [0.25, 0.3) is 0 Å². The van der Waals surface area contributed by atoms with Gasteiger partial charge in [-0.25, -0.2) is 0 Å². The van der Waals surface area contributed by atoms with Crippen molar-refractivity contribution < 1.29 is 14.4 Å². The quantitative estimate of drug-likeness (QED) is 0.903. The average molecular weight is 333 g/mol. The van der Waals surface area contributed by atoms with Crippen molar-refractivity contribution in [1.82, 2.24) is 15.1 Å². The highest BCUT2D eigenvalue weighted by atomic mass is 32.2. The van der Waals surface area contributed by atoms with Gasteiger partial charge < -0.3 is 10.2 Å². The van der Waals surface area contributed by atoms with Gasteiger partial charge >= 0.3 is 0 Å². The molecule has 3 rings (SSSR count). The van der Waals surface area contributed by atoms with Crippen molar-refractivity contribution in [3.8, 4) is 0 Å². The molecule has 122 valence electrons. The number of hydrogen-bond donors (Lipinski definition) is 1. The maximum atomic E-state index is 12.7. The van der Waals surface area contributed by atoms with E-state index in [1.165, 1.54) is 4.90 Å². The Morgan fingerprint density at radius 2 is 2.22 bits per heavy atom. The Labute approximate surface area is 139 Å². The van der Waals surface area contributed by atoms with E-state index in [0.717, 1.165) is 30.4 Å². The first kappa shape index (κ1) is 16.0. The smallest absolute Gasteiger partial charge is 0.289 e. The third kappa shape index (κ3) is 3.40. The number of imide groups is 1. The van der Waals surface area contributed by atoms with E-state index in [0.29, 0.717) is 12.1 Å². The van der Waals surface area contributed by atoms with Crippen LogP contribution in [-0.4, -0.2) is 58.3 Å². The van der Waals surface area contributed by atoms with Gasteiger partial charge in [0.05, 0.1) is 12.3 Å². The zero-order chi connectivity index (χ0) is 16.4. The summed E-state index contributed by atoms with van der Waals surface area (Å²) in [5, 5.41) is 3.04. The number of thioether (sulfide) groups is 1. The summed E-state index contributed by atoms with van der Waals surface area (Å²) in [6.07, 6.45) is 0. The maximum Gasteiger partial charge on any atom is 0.289 e. The highest BCUT2D eigenvalue weighted by Gasteiger charge is 2.30. The Morgan fingerprint density at radius 1 is 1.39 bits per heavy atom. The first-order chi connectivity index (χ1) is 11.1. The van der Waals surface area contributed by atoms with Gasteiger partial charge in [-0.05, 0) is 24.6 Å². The third-order valence-corrected chi connectivity index (χ3v) is 4.98. The van der Waals surface area contributed by atoms with E-state index >= 15 is 0 Å². The van der Waals surface area contributed by atoms with Crippen LogP contribution >= 0.6 is 11.8 Å². The van der Waals surface area contributed by atoms with Crippen LogP contribution in [0.1, 0.15) is 22.8 Å². The molecule has 0 spiro atoms. The number of carbonyl (C=O) groups excluding carboxylic acids is 3. The summed E-state index contributed by atoms with van der Waals surface area (Å²) in [7, 11) is 0. The van der Waals surface area contributed by atoms with Crippen LogP contribution in [0.4, 0.5) is 4.79 Å². The van der Waals surface area contributed by atoms with Gasteiger partial charge in [0, 0.05) is 31.2 Å². The minimum absolute atomic E-state index is 0.00528. The lowest BCUT2D eigenvalue weighted by molar-refractivity contribution is -0.125. The molecule has 0 radical (unpaired) electrons. The molecule has 23 heavy (non-hydrogen) atoms. The van der Waals surface area contributed by atoms with Crippen molar-refractivity contribution in [3.63, 3.8) is 0 Å². The predicted molar refractivity (Wildman–Crippen MR) is 88.2 cm³/mol. The molecule has 1 aromatic rings. The summed E-state index contributed by atoms with van der Waals surface area (Å²) in [5.41, 5.74) is 1.39. The second-order valence-electron chi connectivity index (χ2n) is 5.79. The lowest BCUT2D eigenvalue weighted by Crippen LogP contribution is -2.52. The second-order valence-corrected chi connectivity index (χ2v) is 6.71. The minimum Gasteiger partial charge on any atom is -0.333 e. The second kappa shape index (κ2) is 6.72. The average Bonchev–Trinajstić information content (AvgIpc) is 2.87. The SMILES string of the molecule is C[C@H]1CNCCN1C(=O)c1cccc(CN2C(=O)CSC2=O)c1. The molecule has 0 saturated carbocycles. The highest BCUT2D eigenvalue weighted by Crippen LogP contribution is 2.22. The van der Waals surface area contributed by atoms with Crippen LogP contribution in [0.5, 0.6) is 0 Å². The molecule has 2 fully saturated rings. The van der Waals surface area contributed by atoms with Crippen molar-refractivity contribution >= 4 is 28.8 Å². The van der Waals surface area contributed by atoms with Crippen molar-refractivity contribution in [2.75, 3.05) is 25.4 Å². The summed E-state index contributed by atoms with van der Waals surface area (Å²) in [6.45, 7) is 4.52. The van der Waals surface area contributed by atoms with Gasteiger partial charge in [0.1, 0.15) is 0 Å². The molecular weight excluding hydrogens is 314 g/mol. The van der Waals surface area contributed by atoms with Gasteiger partial charge in [0.15, 0.2) is 0 Å². The summed E-state index contributed by atoms with van der Waals surface area (Å²) >= 11 is 1.02. The molecule has 7 heteroatoms. The summed E-state index contributed by atoms with van der Waals surface area (Å²) in [5.74, 6) is 0.0252. The number of benzene rings is 1. The molecule has 3 amide bonds. The Kier molecular flexibility index (Phi) is 4.68. The minimum atomic E-state index is -0.220. The van der Waals surface area contributed by atoms with Crippen LogP contribution in [0.3, 0.4) is 0 Å². The lowest BCUT2D eigenvalue weighted by Gasteiger charge is -2.34. The maximum absolute atomic E-state index is 12.7. The molecule has 0 aromatic heterocycles. The predicted octanol–water partition coefficient (Wildman–Crippen LogP) is 1.32. The largest absolute Gasteiger partial charge is 0.333 e. The Bertz CT molecular complexity index is 633. The summed E-state index contributed by atoms with van der Waals surface area (Å²) in [4.78, 5) is 39.2. The number of nitrogens with one attached hydrogen (secondary N) is 1. The van der Waals surface area contributed by atoms with E-state index in [9.17, 15) is 14.4 Å². The molecular formula is C16H19N3O3S. The fraction of sp³-hybridized carbons (Fsp3) is 0.438. The first-order valence-corrected chi connectivity index (χ1v) is 8.62. The number of amides is 3. The molecule has 2 heterocycles. The number of carbonyl (C=O) groups is 3. The van der Waals surface area contributed by atoms with Gasteiger partial charge in [0.25, 0.3) is 11.1 Å². The zero-order valence-electron chi connectivity index (χ0n) is 12.9. The summed E-state index contributed by atoms with van der Waals surface area (Å²) in [6, 6.07) is 7.34. The third-order valence-electron chi connectivity index (χ3n) is 4.12. The molecule has 6 nitrogen and oxygen atoms in total. The fourth-order valence-electron chi connectivity index (χ4n) is 2.83. The zero-order valence-corrected chi connectivity index (χ0v) is 13.8. The van der Waals surface area contributed by atoms with Gasteiger partial charge in [-0.15, -0.1) is 0 Å². The van der Waals surface area contributed by atoms with E-state index < -0.39 is 0 Å². The van der Waals surface area contributed by atoms with Crippen LogP contribution in [0.2, 0.25) is 0 Å². The standard InChI is InChI=1S/C16H19N3O3S/c1-11-8-17-5-6-18(11)15(21)13-4-2-3-12(7-13)9-19-14(20)10-23-16(19)22/h2-4,7,11,17H,5-6,8-10H2,1H3/t11-/m0/s1. The normalized spacial score (nSPS) is 21.9. The first-order valence-electron chi connectivity index (χ1n) is 7.64. The lowest BCUT2D eigenvalue weighted by atomic mass is 10.1. The number of rotatable bonds is 3. The van der Waals surface area contributed by atoms with Crippen molar-refractivity contribution in [3.05, 3.63) is 35.4 Å². The Hall–Kier alpha value is -1.86. The molecule has 2 aliphatic rings. The van der Waals surface area contributed by atoms with E-state index in [2.05, 4.69) is 5.32 Å². The number of piperazine rings is 1. The number of hydrogen-bond acceptors (Lipinski definition) is 5. The molecule has 0 bridgehead atoms. The monoisotopic (exact) mass is 333 g/mol. The van der Waals surface area contributed by atoms with E-state index in [-0.39, 0.29) is 35.4 Å². The molecule has 0 aliphatic carbocycles. The van der Waals surface area contributed by atoms with Crippen molar-refractivity contribution in [2.45, 2.75) is 19.5 Å². The molecule has 2 saturated heterocycles. The Balaban J connectivity index is 1.75. The van der Waals surface area contributed by atoms with E-state index in [1.807, 2.05) is 17.9 Å². The Morgan fingerprint density at radius 3 is 2.91 bits per heavy atom. The van der Waals surface area contributed by atoms with Gasteiger partial charge in [-0.1, -0.05) is 23.9 Å².